The third-order valence-corrected chi connectivity index (χ3v) is 7.34. The normalized spacial score (nSPS) is 16.8. The smallest absolute Gasteiger partial charge is 0.248 e. The highest BCUT2D eigenvalue weighted by Crippen LogP contribution is 2.41. The lowest BCUT2D eigenvalue weighted by atomic mass is 10.0. The van der Waals surface area contributed by atoms with Crippen LogP contribution in [0.4, 0.5) is 17.2 Å². The fourth-order valence-electron chi connectivity index (χ4n) is 5.00. The van der Waals surface area contributed by atoms with Crippen LogP contribution in [0.25, 0.3) is 17.0 Å². The Kier molecular flexibility index (Phi) is 6.96. The zero-order valence-corrected chi connectivity index (χ0v) is 22.2. The number of rotatable bonds is 7. The van der Waals surface area contributed by atoms with Crippen molar-refractivity contribution in [3.8, 4) is 5.75 Å². The largest absolute Gasteiger partial charge is 0.486 e. The predicted octanol–water partition coefficient (Wildman–Crippen LogP) is 5.97. The molecule has 1 N–H and O–H groups in total. The number of amides is 1. The van der Waals surface area contributed by atoms with Crippen molar-refractivity contribution in [2.75, 3.05) is 23.8 Å². The topological polar surface area (TPSA) is 83.5 Å². The Hall–Kier alpha value is -4.27. The third kappa shape index (κ3) is 5.21. The Morgan fingerprint density at radius 1 is 1.18 bits per heavy atom. The molecule has 4 heterocycles. The number of hydrogen-bond acceptors (Lipinski definition) is 7. The zero-order valence-electron chi connectivity index (χ0n) is 21.4. The Bertz CT molecular complexity index is 1590. The molecule has 0 radical (unpaired) electrons. The molecule has 0 bridgehead atoms. The van der Waals surface area contributed by atoms with Gasteiger partial charge in [-0.2, -0.15) is 0 Å². The molecule has 0 unspecified atom stereocenters. The van der Waals surface area contributed by atoms with E-state index < -0.39 is 0 Å². The van der Waals surface area contributed by atoms with E-state index in [0.29, 0.717) is 34.9 Å². The molecule has 2 aliphatic rings. The SMILES string of the molecule is CN1CCC[C@@H]1/C=C/C(=O)Nc1ccc2ncnc3c2c1C=CN3c1ccc(OCc2ccccn2)c(Cl)c1. The Morgan fingerprint density at radius 3 is 2.90 bits per heavy atom. The van der Waals surface area contributed by atoms with E-state index in [1.807, 2.05) is 71.8 Å². The number of pyridine rings is 1. The molecule has 0 spiro atoms. The van der Waals surface area contributed by atoms with Gasteiger partial charge in [0.1, 0.15) is 24.5 Å². The second-order valence-corrected chi connectivity index (χ2v) is 9.97. The van der Waals surface area contributed by atoms with Crippen LogP contribution in [0.3, 0.4) is 0 Å². The van der Waals surface area contributed by atoms with Crippen molar-refractivity contribution in [1.29, 1.82) is 0 Å². The minimum Gasteiger partial charge on any atom is -0.486 e. The van der Waals surface area contributed by atoms with E-state index in [0.717, 1.165) is 47.2 Å². The second kappa shape index (κ2) is 10.8. The molecular weight excluding hydrogens is 512 g/mol. The summed E-state index contributed by atoms with van der Waals surface area (Å²) in [6, 6.07) is 15.4. The summed E-state index contributed by atoms with van der Waals surface area (Å²) in [6.45, 7) is 1.38. The fourth-order valence-corrected chi connectivity index (χ4v) is 5.23. The summed E-state index contributed by atoms with van der Waals surface area (Å²) in [7, 11) is 2.08. The summed E-state index contributed by atoms with van der Waals surface area (Å²) in [5.74, 6) is 1.12. The minimum atomic E-state index is -0.159. The molecule has 1 saturated heterocycles. The highest BCUT2D eigenvalue weighted by Gasteiger charge is 2.22. The van der Waals surface area contributed by atoms with Gasteiger partial charge in [0.25, 0.3) is 0 Å². The third-order valence-electron chi connectivity index (χ3n) is 7.04. The van der Waals surface area contributed by atoms with Crippen LogP contribution < -0.4 is 15.0 Å². The van der Waals surface area contributed by atoms with Crippen LogP contribution >= 0.6 is 11.6 Å². The van der Waals surface area contributed by atoms with E-state index in [2.05, 4.69) is 32.2 Å². The first-order valence-corrected chi connectivity index (χ1v) is 13.2. The van der Waals surface area contributed by atoms with E-state index in [9.17, 15) is 4.79 Å². The summed E-state index contributed by atoms with van der Waals surface area (Å²) < 4.78 is 5.88. The van der Waals surface area contributed by atoms with Crippen molar-refractivity contribution in [3.05, 3.63) is 95.7 Å². The van der Waals surface area contributed by atoms with Gasteiger partial charge in [-0.15, -0.1) is 0 Å². The molecule has 9 heteroatoms. The summed E-state index contributed by atoms with van der Waals surface area (Å²) in [6.07, 6.45) is 13.0. The van der Waals surface area contributed by atoms with Crippen molar-refractivity contribution in [2.45, 2.75) is 25.5 Å². The van der Waals surface area contributed by atoms with E-state index in [-0.39, 0.29) is 5.91 Å². The van der Waals surface area contributed by atoms with Crippen LogP contribution in [0.15, 0.2) is 79.4 Å². The van der Waals surface area contributed by atoms with Crippen molar-refractivity contribution < 1.29 is 9.53 Å². The number of likely N-dealkylation sites (tertiary alicyclic amines) is 1. The summed E-state index contributed by atoms with van der Waals surface area (Å²) in [5.41, 5.74) is 4.00. The molecule has 39 heavy (non-hydrogen) atoms. The maximum absolute atomic E-state index is 12.8. The number of anilines is 3. The van der Waals surface area contributed by atoms with Crippen LogP contribution in [-0.2, 0) is 11.4 Å². The van der Waals surface area contributed by atoms with Crippen molar-refractivity contribution in [1.82, 2.24) is 19.9 Å². The van der Waals surface area contributed by atoms with Gasteiger partial charge in [-0.05, 0) is 75.0 Å². The number of ether oxygens (including phenoxy) is 1. The van der Waals surface area contributed by atoms with Crippen LogP contribution in [0.5, 0.6) is 5.75 Å². The maximum atomic E-state index is 12.8. The summed E-state index contributed by atoms with van der Waals surface area (Å²) in [4.78, 5) is 30.3. The van der Waals surface area contributed by atoms with Gasteiger partial charge in [0.15, 0.2) is 0 Å². The van der Waals surface area contributed by atoms with Gasteiger partial charge >= 0.3 is 0 Å². The van der Waals surface area contributed by atoms with Crippen molar-refractivity contribution in [3.63, 3.8) is 0 Å². The first-order valence-electron chi connectivity index (χ1n) is 12.8. The van der Waals surface area contributed by atoms with Crippen molar-refractivity contribution in [2.24, 2.45) is 0 Å². The van der Waals surface area contributed by atoms with E-state index in [1.165, 1.54) is 0 Å². The van der Waals surface area contributed by atoms with E-state index in [1.54, 1.807) is 18.6 Å². The van der Waals surface area contributed by atoms with Gasteiger partial charge < -0.3 is 15.0 Å². The lowest BCUT2D eigenvalue weighted by Gasteiger charge is -2.26. The van der Waals surface area contributed by atoms with E-state index in [4.69, 9.17) is 16.3 Å². The van der Waals surface area contributed by atoms with Gasteiger partial charge in [-0.3, -0.25) is 14.7 Å². The quantitative estimate of drug-likeness (QED) is 0.290. The highest BCUT2D eigenvalue weighted by atomic mass is 35.5. The molecule has 6 rings (SSSR count). The Morgan fingerprint density at radius 2 is 2.10 bits per heavy atom. The standard InChI is InChI=1S/C30H27ClN6O2/c1-36-15-4-6-21(36)8-12-28(38)35-25-9-10-26-29-23(25)13-16-37(30(29)34-19-33-26)22-7-11-27(24(31)17-22)39-18-20-5-2-3-14-32-20/h2-3,5,7-14,16-17,19,21H,4,6,15,18H2,1H3,(H,35,38)/b12-8+/t21-/m1/s1. The molecule has 1 atom stereocenters. The predicted molar refractivity (Wildman–Crippen MR) is 154 cm³/mol. The van der Waals surface area contributed by atoms with Gasteiger partial charge in [-0.25, -0.2) is 9.97 Å². The van der Waals surface area contributed by atoms with Crippen LogP contribution in [0.2, 0.25) is 5.02 Å². The number of nitrogens with one attached hydrogen (secondary N) is 1. The molecule has 1 amide bonds. The van der Waals surface area contributed by atoms with Crippen LogP contribution in [-0.4, -0.2) is 45.4 Å². The molecule has 2 aromatic carbocycles. The first kappa shape index (κ1) is 25.0. The van der Waals surface area contributed by atoms with Gasteiger partial charge in [0, 0.05) is 41.5 Å². The summed E-state index contributed by atoms with van der Waals surface area (Å²) >= 11 is 6.60. The number of benzene rings is 2. The molecule has 8 nitrogen and oxygen atoms in total. The molecule has 196 valence electrons. The molecule has 1 fully saturated rings. The summed E-state index contributed by atoms with van der Waals surface area (Å²) in [5, 5.41) is 4.37. The van der Waals surface area contributed by atoms with Gasteiger partial charge in [0.2, 0.25) is 5.91 Å². The average molecular weight is 539 g/mol. The van der Waals surface area contributed by atoms with Gasteiger partial charge in [0.05, 0.1) is 21.6 Å². The number of halogens is 1. The fraction of sp³-hybridized carbons (Fsp3) is 0.200. The number of likely N-dealkylation sites (N-methyl/N-ethyl adjacent to an activating group) is 1. The molecule has 2 aromatic heterocycles. The number of nitrogens with zero attached hydrogens (tertiary/aromatic N) is 5. The molecular formula is C30H27ClN6O2. The first-order chi connectivity index (χ1) is 19.1. The highest BCUT2D eigenvalue weighted by molar-refractivity contribution is 6.32. The molecule has 4 aromatic rings. The second-order valence-electron chi connectivity index (χ2n) is 9.57. The number of hydrogen-bond donors (Lipinski definition) is 1. The Balaban J connectivity index is 1.25. The number of aromatic nitrogens is 3. The lowest BCUT2D eigenvalue weighted by Crippen LogP contribution is -2.23. The van der Waals surface area contributed by atoms with Crippen LogP contribution in [0, 0.1) is 0 Å². The maximum Gasteiger partial charge on any atom is 0.248 e. The number of carbonyl (C=O) groups excluding carboxylic acids is 1. The lowest BCUT2D eigenvalue weighted by molar-refractivity contribution is -0.111. The van der Waals surface area contributed by atoms with Crippen LogP contribution in [0.1, 0.15) is 24.1 Å². The molecule has 2 aliphatic heterocycles. The van der Waals surface area contributed by atoms with Crippen molar-refractivity contribution >= 4 is 51.7 Å². The monoisotopic (exact) mass is 538 g/mol. The molecule has 0 saturated carbocycles. The van der Waals surface area contributed by atoms with Gasteiger partial charge in [-0.1, -0.05) is 23.7 Å². The zero-order chi connectivity index (χ0) is 26.8. The molecule has 0 aliphatic carbocycles. The number of carbonyl (C=O) groups is 1. The Labute approximate surface area is 231 Å². The minimum absolute atomic E-state index is 0.159. The average Bonchev–Trinajstić information content (AvgIpc) is 3.38. The van der Waals surface area contributed by atoms with E-state index >= 15 is 0 Å².